The van der Waals surface area contributed by atoms with Crippen LogP contribution >= 0.6 is 0 Å². The Kier molecular flexibility index (Phi) is 9.35. The van der Waals surface area contributed by atoms with Crippen LogP contribution < -0.4 is 21.3 Å². The van der Waals surface area contributed by atoms with Crippen LogP contribution in [0.25, 0.3) is 11.0 Å². The van der Waals surface area contributed by atoms with Crippen LogP contribution in [0.15, 0.2) is 48.5 Å². The Hall–Kier alpha value is -5.14. The SMILES string of the molecule is C[C@H](NC(=O)OCc1cccc(NC(=O)CN2C(=O)NC(CCCCNc3nc4ccccc4[nH]3)C2=O)c1)C(=O)O. The van der Waals surface area contributed by atoms with E-state index in [4.69, 9.17) is 9.84 Å². The molecule has 1 aliphatic heterocycles. The zero-order valence-corrected chi connectivity index (χ0v) is 22.3. The van der Waals surface area contributed by atoms with Gasteiger partial charge in [-0.15, -0.1) is 0 Å². The van der Waals surface area contributed by atoms with Crippen LogP contribution in [0.3, 0.4) is 0 Å². The molecule has 0 radical (unpaired) electrons. The Labute approximate surface area is 234 Å². The van der Waals surface area contributed by atoms with Crippen molar-refractivity contribution in [3.63, 3.8) is 0 Å². The van der Waals surface area contributed by atoms with Gasteiger partial charge in [-0.3, -0.25) is 19.3 Å². The van der Waals surface area contributed by atoms with Gasteiger partial charge in [-0.2, -0.15) is 0 Å². The molecule has 0 saturated carbocycles. The number of urea groups is 1. The maximum atomic E-state index is 12.8. The molecule has 216 valence electrons. The van der Waals surface area contributed by atoms with E-state index in [-0.39, 0.29) is 6.61 Å². The molecule has 0 bridgehead atoms. The summed E-state index contributed by atoms with van der Waals surface area (Å²) < 4.78 is 5.00. The van der Waals surface area contributed by atoms with Gasteiger partial charge in [0, 0.05) is 12.2 Å². The molecule has 6 N–H and O–H groups in total. The monoisotopic (exact) mass is 565 g/mol. The molecule has 2 atom stereocenters. The average molecular weight is 566 g/mol. The van der Waals surface area contributed by atoms with Gasteiger partial charge in [-0.25, -0.2) is 14.6 Å². The third-order valence-corrected chi connectivity index (χ3v) is 6.30. The largest absolute Gasteiger partial charge is 0.480 e. The highest BCUT2D eigenvalue weighted by molar-refractivity contribution is 6.07. The van der Waals surface area contributed by atoms with Crippen LogP contribution in [0.1, 0.15) is 31.7 Å². The van der Waals surface area contributed by atoms with Crippen LogP contribution in [-0.4, -0.2) is 75.1 Å². The third kappa shape index (κ3) is 7.94. The third-order valence-electron chi connectivity index (χ3n) is 6.30. The van der Waals surface area contributed by atoms with E-state index in [2.05, 4.69) is 31.2 Å². The minimum atomic E-state index is -1.20. The first-order valence-electron chi connectivity index (χ1n) is 13.0. The summed E-state index contributed by atoms with van der Waals surface area (Å²) in [5.74, 6) is -1.56. The highest BCUT2D eigenvalue weighted by Gasteiger charge is 2.38. The van der Waals surface area contributed by atoms with E-state index >= 15 is 0 Å². The summed E-state index contributed by atoms with van der Waals surface area (Å²) >= 11 is 0. The zero-order valence-electron chi connectivity index (χ0n) is 22.3. The van der Waals surface area contributed by atoms with E-state index in [1.807, 2.05) is 24.3 Å². The highest BCUT2D eigenvalue weighted by Crippen LogP contribution is 2.16. The number of ether oxygens (including phenoxy) is 1. The number of H-pyrrole nitrogens is 1. The first kappa shape index (κ1) is 28.9. The summed E-state index contributed by atoms with van der Waals surface area (Å²) in [5, 5.41) is 19.5. The average Bonchev–Trinajstić information content (AvgIpc) is 3.47. The number of fused-ring (bicyclic) bond motifs is 1. The normalized spacial score (nSPS) is 15.3. The van der Waals surface area contributed by atoms with Gasteiger partial charge >= 0.3 is 18.1 Å². The zero-order chi connectivity index (χ0) is 29.4. The highest BCUT2D eigenvalue weighted by atomic mass is 16.5. The first-order valence-corrected chi connectivity index (χ1v) is 13.0. The fraction of sp³-hybridized carbons (Fsp3) is 0.333. The molecule has 3 aromatic rings. The van der Waals surface area contributed by atoms with Crippen molar-refractivity contribution < 1.29 is 33.8 Å². The van der Waals surface area contributed by atoms with Gasteiger partial charge in [0.15, 0.2) is 0 Å². The molecule has 1 aromatic heterocycles. The molecule has 5 amide bonds. The Bertz CT molecular complexity index is 1410. The smallest absolute Gasteiger partial charge is 0.408 e. The van der Waals surface area contributed by atoms with Crippen LogP contribution in [0.2, 0.25) is 0 Å². The number of aliphatic carboxylic acids is 1. The van der Waals surface area contributed by atoms with E-state index < -0.39 is 48.5 Å². The minimum Gasteiger partial charge on any atom is -0.480 e. The number of nitrogens with one attached hydrogen (secondary N) is 5. The second kappa shape index (κ2) is 13.3. The number of rotatable bonds is 13. The van der Waals surface area contributed by atoms with Gasteiger partial charge in [0.2, 0.25) is 11.9 Å². The number of unbranched alkanes of at least 4 members (excludes halogenated alkanes) is 1. The number of para-hydroxylation sites is 2. The number of benzene rings is 2. The fourth-order valence-electron chi connectivity index (χ4n) is 4.15. The molecule has 1 aliphatic rings. The first-order chi connectivity index (χ1) is 19.7. The summed E-state index contributed by atoms with van der Waals surface area (Å²) in [7, 11) is 0. The standard InChI is InChI=1S/C27H31N7O7/c1-16(24(37)38)29-27(40)41-15-17-7-6-8-18(13-17)30-22(35)14-34-23(36)21(33-26(34)39)11-4-5-12-28-25-31-19-9-2-3-10-20(19)32-25/h2-3,6-10,13,16,21H,4-5,11-12,14-15H2,1H3,(H,29,40)(H,30,35)(H,33,39)(H,37,38)(H2,28,31,32)/t16-,21?/m0/s1. The Balaban J connectivity index is 1.18. The molecule has 1 fully saturated rings. The number of alkyl carbamates (subject to hydrolysis) is 1. The number of aromatic amines is 1. The molecule has 2 aromatic carbocycles. The summed E-state index contributed by atoms with van der Waals surface area (Å²) in [6.45, 7) is 1.32. The van der Waals surface area contributed by atoms with Crippen molar-refractivity contribution in [2.24, 2.45) is 0 Å². The molecule has 4 rings (SSSR count). The topological polar surface area (TPSA) is 195 Å². The van der Waals surface area contributed by atoms with Gasteiger partial charge < -0.3 is 36.1 Å². The molecule has 1 unspecified atom stereocenters. The summed E-state index contributed by atoms with van der Waals surface area (Å²) in [5.41, 5.74) is 2.71. The Morgan fingerprint density at radius 3 is 2.71 bits per heavy atom. The van der Waals surface area contributed by atoms with Gasteiger partial charge in [0.1, 0.15) is 25.2 Å². The fourth-order valence-corrected chi connectivity index (χ4v) is 4.15. The van der Waals surface area contributed by atoms with Gasteiger partial charge in [0.05, 0.1) is 11.0 Å². The van der Waals surface area contributed by atoms with Crippen LogP contribution in [0.4, 0.5) is 21.2 Å². The Morgan fingerprint density at radius 2 is 1.93 bits per heavy atom. The lowest BCUT2D eigenvalue weighted by atomic mass is 10.1. The lowest BCUT2D eigenvalue weighted by Crippen LogP contribution is -2.38. The van der Waals surface area contributed by atoms with Gasteiger partial charge in [-0.05, 0) is 56.0 Å². The van der Waals surface area contributed by atoms with Gasteiger partial charge in [-0.1, -0.05) is 24.3 Å². The number of imidazole rings is 1. The van der Waals surface area contributed by atoms with E-state index in [0.29, 0.717) is 36.6 Å². The number of amides is 5. The van der Waals surface area contributed by atoms with Crippen molar-refractivity contribution in [2.45, 2.75) is 44.9 Å². The van der Waals surface area contributed by atoms with Crippen molar-refractivity contribution in [1.82, 2.24) is 25.5 Å². The number of nitrogens with zero attached hydrogens (tertiary/aromatic N) is 2. The maximum absolute atomic E-state index is 12.8. The molecule has 0 aliphatic carbocycles. The van der Waals surface area contributed by atoms with E-state index in [1.165, 1.54) is 6.92 Å². The van der Waals surface area contributed by atoms with Gasteiger partial charge in [0.25, 0.3) is 5.91 Å². The second-order valence-corrected chi connectivity index (χ2v) is 9.48. The molecule has 14 nitrogen and oxygen atoms in total. The number of carbonyl (C=O) groups is 5. The van der Waals surface area contributed by atoms with E-state index in [0.717, 1.165) is 22.4 Å². The van der Waals surface area contributed by atoms with Crippen molar-refractivity contribution in [1.29, 1.82) is 0 Å². The molecule has 14 heteroatoms. The van der Waals surface area contributed by atoms with E-state index in [1.54, 1.807) is 24.3 Å². The molecular formula is C27H31N7O7. The molecule has 0 spiro atoms. The number of hydrogen-bond donors (Lipinski definition) is 6. The van der Waals surface area contributed by atoms with Crippen LogP contribution in [0, 0.1) is 0 Å². The predicted molar refractivity (Wildman–Crippen MR) is 148 cm³/mol. The Morgan fingerprint density at radius 1 is 1.12 bits per heavy atom. The van der Waals surface area contributed by atoms with Crippen LogP contribution in [0.5, 0.6) is 0 Å². The number of hydrogen-bond acceptors (Lipinski definition) is 8. The molecule has 1 saturated heterocycles. The predicted octanol–water partition coefficient (Wildman–Crippen LogP) is 2.40. The maximum Gasteiger partial charge on any atom is 0.408 e. The number of aromatic nitrogens is 2. The lowest BCUT2D eigenvalue weighted by Gasteiger charge is -2.14. The van der Waals surface area contributed by atoms with Crippen molar-refractivity contribution >= 4 is 52.6 Å². The van der Waals surface area contributed by atoms with E-state index in [9.17, 15) is 24.0 Å². The summed E-state index contributed by atoms with van der Waals surface area (Å²) in [6.07, 6.45) is 0.958. The van der Waals surface area contributed by atoms with Crippen molar-refractivity contribution in [3.8, 4) is 0 Å². The quantitative estimate of drug-likeness (QED) is 0.133. The summed E-state index contributed by atoms with van der Waals surface area (Å²) in [4.78, 5) is 68.7. The number of carboxylic acids is 1. The van der Waals surface area contributed by atoms with Crippen molar-refractivity contribution in [3.05, 3.63) is 54.1 Å². The number of carboxylic acid groups (broad SMARTS) is 1. The molecular weight excluding hydrogens is 534 g/mol. The van der Waals surface area contributed by atoms with Crippen LogP contribution in [-0.2, 0) is 25.7 Å². The molecule has 2 heterocycles. The summed E-state index contributed by atoms with van der Waals surface area (Å²) in [6, 6.07) is 11.7. The van der Waals surface area contributed by atoms with Crippen molar-refractivity contribution in [2.75, 3.05) is 23.7 Å². The second-order valence-electron chi connectivity index (χ2n) is 9.48. The number of imide groups is 1. The number of carbonyl (C=O) groups excluding carboxylic acids is 4. The molecule has 41 heavy (non-hydrogen) atoms. The number of anilines is 2. The lowest BCUT2D eigenvalue weighted by molar-refractivity contribution is -0.138. The minimum absolute atomic E-state index is 0.162.